The van der Waals surface area contributed by atoms with Gasteiger partial charge < -0.3 is 4.90 Å². The Balaban J connectivity index is 2.25. The second-order valence-electron chi connectivity index (χ2n) is 5.29. The van der Waals surface area contributed by atoms with Crippen LogP contribution in [-0.2, 0) is 10.0 Å². The van der Waals surface area contributed by atoms with Crippen molar-refractivity contribution in [1.82, 2.24) is 4.90 Å². The molecular formula is C16H17ClN2O3S. The van der Waals surface area contributed by atoms with Crippen LogP contribution in [0.3, 0.4) is 0 Å². The second kappa shape index (κ2) is 6.60. The number of halogens is 1. The Kier molecular flexibility index (Phi) is 4.97. The molecule has 0 aliphatic rings. The van der Waals surface area contributed by atoms with Gasteiger partial charge in [-0.05, 0) is 48.9 Å². The summed E-state index contributed by atoms with van der Waals surface area (Å²) in [5.74, 6) is -0.188. The van der Waals surface area contributed by atoms with Crippen molar-refractivity contribution in [2.45, 2.75) is 11.8 Å². The molecule has 0 bridgehead atoms. The molecule has 2 aromatic rings. The molecule has 0 aliphatic carbocycles. The smallest absolute Gasteiger partial charge is 0.261 e. The number of amides is 1. The lowest BCUT2D eigenvalue weighted by Gasteiger charge is -2.12. The van der Waals surface area contributed by atoms with Gasteiger partial charge in [0.2, 0.25) is 0 Å². The zero-order valence-electron chi connectivity index (χ0n) is 13.0. The molecule has 0 unspecified atom stereocenters. The van der Waals surface area contributed by atoms with Crippen molar-refractivity contribution in [2.75, 3.05) is 18.8 Å². The molecule has 1 N–H and O–H groups in total. The van der Waals surface area contributed by atoms with Crippen molar-refractivity contribution >= 4 is 33.2 Å². The van der Waals surface area contributed by atoms with E-state index >= 15 is 0 Å². The van der Waals surface area contributed by atoms with Gasteiger partial charge in [-0.25, -0.2) is 8.42 Å². The third-order valence-electron chi connectivity index (χ3n) is 3.24. The molecule has 2 aromatic carbocycles. The molecule has 0 aromatic heterocycles. The first-order chi connectivity index (χ1) is 10.7. The number of benzene rings is 2. The first-order valence-electron chi connectivity index (χ1n) is 6.81. The van der Waals surface area contributed by atoms with E-state index in [4.69, 9.17) is 11.6 Å². The Morgan fingerprint density at radius 3 is 2.22 bits per heavy atom. The van der Waals surface area contributed by atoms with Gasteiger partial charge >= 0.3 is 0 Å². The molecule has 7 heteroatoms. The number of nitrogens with zero attached hydrogens (tertiary/aromatic N) is 1. The number of nitrogens with one attached hydrogen (secondary N) is 1. The Hall–Kier alpha value is -2.05. The zero-order valence-corrected chi connectivity index (χ0v) is 14.6. The van der Waals surface area contributed by atoms with Gasteiger partial charge in [0.15, 0.2) is 0 Å². The quantitative estimate of drug-likeness (QED) is 0.919. The fourth-order valence-electron chi connectivity index (χ4n) is 1.91. The van der Waals surface area contributed by atoms with Crippen molar-refractivity contribution in [1.29, 1.82) is 0 Å². The molecule has 0 spiro atoms. The Bertz CT molecular complexity index is 831. The predicted octanol–water partition coefficient (Wildman–Crippen LogP) is 3.15. The summed E-state index contributed by atoms with van der Waals surface area (Å²) < 4.78 is 27.2. The largest absolute Gasteiger partial charge is 0.345 e. The van der Waals surface area contributed by atoms with E-state index in [2.05, 4.69) is 4.72 Å². The van der Waals surface area contributed by atoms with Crippen LogP contribution >= 0.6 is 11.6 Å². The normalized spacial score (nSPS) is 11.1. The Labute approximate surface area is 140 Å². The molecule has 0 radical (unpaired) electrons. The average molecular weight is 353 g/mol. The molecule has 0 atom stereocenters. The summed E-state index contributed by atoms with van der Waals surface area (Å²) >= 11 is 6.00. The van der Waals surface area contributed by atoms with Crippen molar-refractivity contribution in [3.63, 3.8) is 0 Å². The number of rotatable bonds is 4. The minimum Gasteiger partial charge on any atom is -0.345 e. The molecule has 2 rings (SSSR count). The summed E-state index contributed by atoms with van der Waals surface area (Å²) in [6, 6.07) is 10.7. The van der Waals surface area contributed by atoms with Crippen LogP contribution in [-0.4, -0.2) is 33.3 Å². The molecule has 1 amide bonds. The van der Waals surface area contributed by atoms with Crippen molar-refractivity contribution < 1.29 is 13.2 Å². The number of hydrogen-bond donors (Lipinski definition) is 1. The van der Waals surface area contributed by atoms with E-state index in [1.807, 2.05) is 6.92 Å². The lowest BCUT2D eigenvalue weighted by Crippen LogP contribution is -2.21. The van der Waals surface area contributed by atoms with Gasteiger partial charge in [0.05, 0.1) is 10.6 Å². The van der Waals surface area contributed by atoms with E-state index in [0.717, 1.165) is 5.56 Å². The molecule has 5 nitrogen and oxygen atoms in total. The zero-order chi connectivity index (χ0) is 17.2. The minimum absolute atomic E-state index is 0.0736. The molecule has 23 heavy (non-hydrogen) atoms. The SMILES string of the molecule is Cc1ccc(NS(=O)(=O)c2ccc(C(=O)N(C)C)cc2)cc1Cl. The maximum atomic E-state index is 12.4. The maximum Gasteiger partial charge on any atom is 0.261 e. The third kappa shape index (κ3) is 4.03. The van der Waals surface area contributed by atoms with Gasteiger partial charge in [-0.3, -0.25) is 9.52 Å². The van der Waals surface area contributed by atoms with Crippen LogP contribution in [0.15, 0.2) is 47.4 Å². The minimum atomic E-state index is -3.74. The second-order valence-corrected chi connectivity index (χ2v) is 7.38. The topological polar surface area (TPSA) is 66.5 Å². The van der Waals surface area contributed by atoms with E-state index in [1.54, 1.807) is 32.3 Å². The fraction of sp³-hybridized carbons (Fsp3) is 0.188. The monoisotopic (exact) mass is 352 g/mol. The Morgan fingerprint density at radius 1 is 1.09 bits per heavy atom. The molecule has 0 fully saturated rings. The van der Waals surface area contributed by atoms with E-state index in [1.165, 1.54) is 29.2 Å². The molecule has 0 aliphatic heterocycles. The summed E-state index contributed by atoms with van der Waals surface area (Å²) in [7, 11) is -0.470. The van der Waals surface area contributed by atoms with Gasteiger partial charge in [-0.15, -0.1) is 0 Å². The van der Waals surface area contributed by atoms with Crippen molar-refractivity contribution in [2.24, 2.45) is 0 Å². The number of aryl methyl sites for hydroxylation is 1. The summed E-state index contributed by atoms with van der Waals surface area (Å²) in [6.45, 7) is 1.83. The van der Waals surface area contributed by atoms with Gasteiger partial charge in [-0.1, -0.05) is 17.7 Å². The van der Waals surface area contributed by atoms with Crippen LogP contribution in [0.1, 0.15) is 15.9 Å². The summed E-state index contributed by atoms with van der Waals surface area (Å²) in [4.78, 5) is 13.3. The fourth-order valence-corrected chi connectivity index (χ4v) is 3.14. The van der Waals surface area contributed by atoms with Gasteiger partial charge in [0.1, 0.15) is 0 Å². The number of carbonyl (C=O) groups is 1. The highest BCUT2D eigenvalue weighted by atomic mass is 35.5. The first kappa shape index (κ1) is 17.3. The van der Waals surface area contributed by atoms with Crippen LogP contribution < -0.4 is 4.72 Å². The van der Waals surface area contributed by atoms with Crippen molar-refractivity contribution in [3.05, 3.63) is 58.6 Å². The number of anilines is 1. The lowest BCUT2D eigenvalue weighted by molar-refractivity contribution is 0.0827. The van der Waals surface area contributed by atoms with Crippen LogP contribution in [0.25, 0.3) is 0 Å². The Morgan fingerprint density at radius 2 is 1.70 bits per heavy atom. The van der Waals surface area contributed by atoms with Gasteiger partial charge in [0, 0.05) is 24.7 Å². The lowest BCUT2D eigenvalue weighted by atomic mass is 10.2. The van der Waals surface area contributed by atoms with E-state index in [0.29, 0.717) is 16.3 Å². The van der Waals surface area contributed by atoms with Crippen LogP contribution in [0.2, 0.25) is 5.02 Å². The van der Waals surface area contributed by atoms with Gasteiger partial charge in [0.25, 0.3) is 15.9 Å². The van der Waals surface area contributed by atoms with E-state index in [-0.39, 0.29) is 10.8 Å². The van der Waals surface area contributed by atoms with Gasteiger partial charge in [-0.2, -0.15) is 0 Å². The number of sulfonamides is 1. The van der Waals surface area contributed by atoms with Crippen LogP contribution in [0, 0.1) is 6.92 Å². The highest BCUT2D eigenvalue weighted by molar-refractivity contribution is 7.92. The summed E-state index contributed by atoms with van der Waals surface area (Å²) in [6.07, 6.45) is 0. The molecule has 122 valence electrons. The van der Waals surface area contributed by atoms with Crippen molar-refractivity contribution in [3.8, 4) is 0 Å². The standard InChI is InChI=1S/C16H17ClN2O3S/c1-11-4-7-13(10-15(11)17)18-23(21,22)14-8-5-12(6-9-14)16(20)19(2)3/h4-10,18H,1-3H3. The predicted molar refractivity (Wildman–Crippen MR) is 91.5 cm³/mol. The molecule has 0 saturated heterocycles. The first-order valence-corrected chi connectivity index (χ1v) is 8.67. The average Bonchev–Trinajstić information content (AvgIpc) is 2.50. The molecule has 0 heterocycles. The summed E-state index contributed by atoms with van der Waals surface area (Å²) in [5, 5.41) is 0.483. The molecular weight excluding hydrogens is 336 g/mol. The summed E-state index contributed by atoms with van der Waals surface area (Å²) in [5.41, 5.74) is 1.67. The highest BCUT2D eigenvalue weighted by Gasteiger charge is 2.16. The number of hydrogen-bond acceptors (Lipinski definition) is 3. The third-order valence-corrected chi connectivity index (χ3v) is 5.05. The van der Waals surface area contributed by atoms with Crippen LogP contribution in [0.4, 0.5) is 5.69 Å². The van der Waals surface area contributed by atoms with E-state index in [9.17, 15) is 13.2 Å². The number of carbonyl (C=O) groups excluding carboxylic acids is 1. The van der Waals surface area contributed by atoms with E-state index < -0.39 is 10.0 Å². The maximum absolute atomic E-state index is 12.4. The molecule has 0 saturated carbocycles. The highest BCUT2D eigenvalue weighted by Crippen LogP contribution is 2.22. The van der Waals surface area contributed by atoms with Crippen LogP contribution in [0.5, 0.6) is 0 Å².